The molecule has 0 atom stereocenters. The number of H-pyrrole nitrogens is 1. The summed E-state index contributed by atoms with van der Waals surface area (Å²) in [5.41, 5.74) is 4.06. The lowest BCUT2D eigenvalue weighted by Crippen LogP contribution is -2.42. The van der Waals surface area contributed by atoms with E-state index < -0.39 is 5.60 Å². The van der Waals surface area contributed by atoms with Crippen LogP contribution in [0.1, 0.15) is 36.5 Å². The van der Waals surface area contributed by atoms with E-state index in [0.29, 0.717) is 0 Å². The van der Waals surface area contributed by atoms with Crippen molar-refractivity contribution in [2.45, 2.75) is 38.3 Å². The van der Waals surface area contributed by atoms with Gasteiger partial charge in [0.1, 0.15) is 5.75 Å². The Morgan fingerprint density at radius 1 is 1.07 bits per heavy atom. The molecule has 0 saturated carbocycles. The van der Waals surface area contributed by atoms with Crippen LogP contribution in [-0.4, -0.2) is 35.2 Å². The Labute approximate surface area is 160 Å². The van der Waals surface area contributed by atoms with Crippen molar-refractivity contribution in [3.8, 4) is 5.75 Å². The second kappa shape index (κ2) is 7.37. The van der Waals surface area contributed by atoms with Crippen LogP contribution in [0, 0.1) is 0 Å². The normalized spacial score (nSPS) is 17.3. The summed E-state index contributed by atoms with van der Waals surface area (Å²) in [5, 5.41) is 12.5. The van der Waals surface area contributed by atoms with Gasteiger partial charge in [-0.2, -0.15) is 0 Å². The fourth-order valence-corrected chi connectivity index (χ4v) is 4.32. The summed E-state index contributed by atoms with van der Waals surface area (Å²) in [7, 11) is 1.67. The molecule has 2 aromatic carbocycles. The van der Waals surface area contributed by atoms with Crippen LogP contribution in [0.2, 0.25) is 0 Å². The minimum Gasteiger partial charge on any atom is -0.496 e. The molecule has 1 fully saturated rings. The van der Waals surface area contributed by atoms with Gasteiger partial charge in [-0.3, -0.25) is 4.90 Å². The van der Waals surface area contributed by atoms with Crippen LogP contribution in [0.3, 0.4) is 0 Å². The molecule has 2 heterocycles. The van der Waals surface area contributed by atoms with E-state index in [1.54, 1.807) is 7.11 Å². The molecule has 0 spiro atoms. The summed E-state index contributed by atoms with van der Waals surface area (Å²) < 4.78 is 5.47. The van der Waals surface area contributed by atoms with Gasteiger partial charge < -0.3 is 14.8 Å². The predicted octanol–water partition coefficient (Wildman–Crippen LogP) is 4.22. The fourth-order valence-electron chi connectivity index (χ4n) is 4.32. The Hall–Kier alpha value is -2.30. The number of piperidine rings is 1. The Kier molecular flexibility index (Phi) is 4.94. The van der Waals surface area contributed by atoms with Crippen LogP contribution in [0.15, 0.2) is 48.7 Å². The van der Waals surface area contributed by atoms with E-state index in [1.807, 2.05) is 24.3 Å². The van der Waals surface area contributed by atoms with Gasteiger partial charge in [0.25, 0.3) is 0 Å². The molecular formula is C23H28N2O2. The molecule has 4 nitrogen and oxygen atoms in total. The third-order valence-electron chi connectivity index (χ3n) is 5.95. The van der Waals surface area contributed by atoms with Gasteiger partial charge in [0, 0.05) is 42.3 Å². The number of aryl methyl sites for hydroxylation is 1. The number of para-hydroxylation sites is 2. The highest BCUT2D eigenvalue weighted by Crippen LogP contribution is 2.38. The number of fused-ring (bicyclic) bond motifs is 1. The van der Waals surface area contributed by atoms with Gasteiger partial charge in [0.05, 0.1) is 12.7 Å². The number of methoxy groups -OCH3 is 1. The molecule has 0 aliphatic carbocycles. The molecule has 142 valence electrons. The number of nitrogens with one attached hydrogen (secondary N) is 1. The molecule has 1 aliphatic heterocycles. The lowest BCUT2D eigenvalue weighted by Gasteiger charge is -2.39. The fraction of sp³-hybridized carbons (Fsp3) is 0.391. The van der Waals surface area contributed by atoms with E-state index in [2.05, 4.69) is 41.2 Å². The highest BCUT2D eigenvalue weighted by Gasteiger charge is 2.36. The van der Waals surface area contributed by atoms with Crippen LogP contribution >= 0.6 is 0 Å². The number of aromatic nitrogens is 1. The maximum atomic E-state index is 11.2. The zero-order chi connectivity index (χ0) is 18.9. The van der Waals surface area contributed by atoms with E-state index in [4.69, 9.17) is 4.74 Å². The highest BCUT2D eigenvalue weighted by molar-refractivity contribution is 5.86. The molecule has 1 aromatic heterocycles. The van der Waals surface area contributed by atoms with Crippen molar-refractivity contribution >= 4 is 10.9 Å². The average Bonchev–Trinajstić information content (AvgIpc) is 3.13. The monoisotopic (exact) mass is 364 g/mol. The van der Waals surface area contributed by atoms with Gasteiger partial charge in [-0.05, 0) is 36.5 Å². The molecule has 1 aliphatic rings. The summed E-state index contributed by atoms with van der Waals surface area (Å²) >= 11 is 0. The third-order valence-corrected chi connectivity index (χ3v) is 5.95. The molecule has 1 saturated heterocycles. The Morgan fingerprint density at radius 2 is 1.85 bits per heavy atom. The first-order valence-corrected chi connectivity index (χ1v) is 9.80. The van der Waals surface area contributed by atoms with Gasteiger partial charge in [-0.25, -0.2) is 0 Å². The second-order valence-corrected chi connectivity index (χ2v) is 7.52. The number of nitrogens with zero attached hydrogens (tertiary/aromatic N) is 1. The summed E-state index contributed by atoms with van der Waals surface area (Å²) in [4.78, 5) is 5.90. The Bertz CT molecular complexity index is 923. The number of likely N-dealkylation sites (tertiary alicyclic amines) is 1. The largest absolute Gasteiger partial charge is 0.496 e. The topological polar surface area (TPSA) is 48.5 Å². The first kappa shape index (κ1) is 18.1. The van der Waals surface area contributed by atoms with Crippen LogP contribution in [-0.2, 0) is 18.6 Å². The number of hydrogen-bond acceptors (Lipinski definition) is 3. The molecule has 0 bridgehead atoms. The summed E-state index contributed by atoms with van der Waals surface area (Å²) in [6.07, 6.45) is 4.61. The van der Waals surface area contributed by atoms with E-state index in [-0.39, 0.29) is 0 Å². The number of aromatic amines is 1. The maximum Gasteiger partial charge on any atom is 0.124 e. The van der Waals surface area contributed by atoms with E-state index in [1.165, 1.54) is 22.0 Å². The van der Waals surface area contributed by atoms with Crippen molar-refractivity contribution in [3.63, 3.8) is 0 Å². The zero-order valence-electron chi connectivity index (χ0n) is 16.2. The first-order chi connectivity index (χ1) is 13.1. The van der Waals surface area contributed by atoms with Crippen LogP contribution < -0.4 is 4.74 Å². The van der Waals surface area contributed by atoms with Crippen LogP contribution in [0.25, 0.3) is 10.9 Å². The standard InChI is InChI=1S/C23H28N2O2/c1-3-17-7-6-8-19-18(15-24-22(17)19)16-25-13-11-23(26,12-14-25)20-9-4-5-10-21(20)27-2/h4-10,15,24,26H,3,11-14,16H2,1-2H3. The molecule has 4 heteroatoms. The van der Waals surface area contributed by atoms with Crippen molar-refractivity contribution in [3.05, 3.63) is 65.4 Å². The van der Waals surface area contributed by atoms with Crippen LogP contribution in [0.5, 0.6) is 5.75 Å². The van der Waals surface area contributed by atoms with Crippen molar-refractivity contribution < 1.29 is 9.84 Å². The van der Waals surface area contributed by atoms with Crippen molar-refractivity contribution in [1.29, 1.82) is 0 Å². The summed E-state index contributed by atoms with van der Waals surface area (Å²) in [6.45, 7) is 4.84. The van der Waals surface area contributed by atoms with E-state index in [9.17, 15) is 5.11 Å². The quantitative estimate of drug-likeness (QED) is 0.712. The van der Waals surface area contributed by atoms with Gasteiger partial charge >= 0.3 is 0 Å². The van der Waals surface area contributed by atoms with Gasteiger partial charge in [-0.15, -0.1) is 0 Å². The Morgan fingerprint density at radius 3 is 2.59 bits per heavy atom. The number of benzene rings is 2. The molecule has 2 N–H and O–H groups in total. The SMILES string of the molecule is CCc1cccc2c(CN3CCC(O)(c4ccccc4OC)CC3)c[nH]c12. The Balaban J connectivity index is 1.49. The summed E-state index contributed by atoms with van der Waals surface area (Å²) in [5.74, 6) is 0.775. The van der Waals surface area contributed by atoms with Crippen molar-refractivity contribution in [1.82, 2.24) is 9.88 Å². The van der Waals surface area contributed by atoms with Gasteiger partial charge in [0.2, 0.25) is 0 Å². The predicted molar refractivity (Wildman–Crippen MR) is 109 cm³/mol. The number of ether oxygens (including phenoxy) is 1. The van der Waals surface area contributed by atoms with Gasteiger partial charge in [0.15, 0.2) is 0 Å². The van der Waals surface area contributed by atoms with E-state index in [0.717, 1.165) is 50.2 Å². The minimum absolute atomic E-state index is 0.718. The number of rotatable bonds is 5. The molecule has 4 rings (SSSR count). The van der Waals surface area contributed by atoms with Crippen molar-refractivity contribution in [2.24, 2.45) is 0 Å². The van der Waals surface area contributed by atoms with Gasteiger partial charge in [-0.1, -0.05) is 43.3 Å². The van der Waals surface area contributed by atoms with Crippen LogP contribution in [0.4, 0.5) is 0 Å². The zero-order valence-corrected chi connectivity index (χ0v) is 16.2. The minimum atomic E-state index is -0.807. The summed E-state index contributed by atoms with van der Waals surface area (Å²) in [6, 6.07) is 14.4. The van der Waals surface area contributed by atoms with Crippen molar-refractivity contribution in [2.75, 3.05) is 20.2 Å². The first-order valence-electron chi connectivity index (χ1n) is 9.80. The molecule has 27 heavy (non-hydrogen) atoms. The lowest BCUT2D eigenvalue weighted by molar-refractivity contribution is -0.0291. The molecular weight excluding hydrogens is 336 g/mol. The molecule has 3 aromatic rings. The maximum absolute atomic E-state index is 11.2. The number of hydrogen-bond donors (Lipinski definition) is 2. The molecule has 0 radical (unpaired) electrons. The second-order valence-electron chi connectivity index (χ2n) is 7.52. The highest BCUT2D eigenvalue weighted by atomic mass is 16.5. The third kappa shape index (κ3) is 3.35. The lowest BCUT2D eigenvalue weighted by atomic mass is 9.83. The average molecular weight is 364 g/mol. The number of aliphatic hydroxyl groups is 1. The molecule has 0 unspecified atom stereocenters. The molecule has 0 amide bonds. The van der Waals surface area contributed by atoms with E-state index >= 15 is 0 Å². The smallest absolute Gasteiger partial charge is 0.124 e.